The summed E-state index contributed by atoms with van der Waals surface area (Å²) >= 11 is 1.34. The number of benzene rings is 1. The molecule has 6 nitrogen and oxygen atoms in total. The van der Waals surface area contributed by atoms with Crippen molar-refractivity contribution in [2.24, 2.45) is 5.73 Å². The fraction of sp³-hybridized carbons (Fsp3) is 0.235. The lowest BCUT2D eigenvalue weighted by Gasteiger charge is -2.07. The number of rotatable bonds is 4. The van der Waals surface area contributed by atoms with Gasteiger partial charge in [-0.05, 0) is 36.6 Å². The summed E-state index contributed by atoms with van der Waals surface area (Å²) in [5, 5.41) is 6.02. The molecule has 2 aromatic rings. The van der Waals surface area contributed by atoms with Crippen molar-refractivity contribution in [2.75, 3.05) is 10.6 Å². The van der Waals surface area contributed by atoms with Crippen molar-refractivity contribution in [1.82, 2.24) is 0 Å². The van der Waals surface area contributed by atoms with E-state index >= 15 is 0 Å². The first-order chi connectivity index (χ1) is 11.3. The van der Waals surface area contributed by atoms with Crippen LogP contribution < -0.4 is 16.4 Å². The highest BCUT2D eigenvalue weighted by Crippen LogP contribution is 2.32. The van der Waals surface area contributed by atoms with E-state index in [0.29, 0.717) is 17.0 Å². The van der Waals surface area contributed by atoms with Gasteiger partial charge in [-0.25, -0.2) is 0 Å². The third-order valence-corrected chi connectivity index (χ3v) is 5.17. The minimum Gasteiger partial charge on any atom is -0.365 e. The van der Waals surface area contributed by atoms with E-state index in [2.05, 4.69) is 10.6 Å². The van der Waals surface area contributed by atoms with E-state index in [0.717, 1.165) is 27.3 Å². The van der Waals surface area contributed by atoms with Gasteiger partial charge in [0.25, 0.3) is 5.91 Å². The minimum atomic E-state index is -0.549. The summed E-state index contributed by atoms with van der Waals surface area (Å²) in [5.74, 6) is -0.822. The summed E-state index contributed by atoms with van der Waals surface area (Å²) in [5.41, 5.74) is 9.05. The average Bonchev–Trinajstić information content (AvgIpc) is 2.98. The van der Waals surface area contributed by atoms with Gasteiger partial charge in [0.05, 0.1) is 18.4 Å². The van der Waals surface area contributed by atoms with E-state index in [9.17, 15) is 14.4 Å². The minimum absolute atomic E-state index is 0.0396. The maximum Gasteiger partial charge on any atom is 0.251 e. The molecule has 1 aliphatic rings. The van der Waals surface area contributed by atoms with Crippen LogP contribution in [-0.2, 0) is 22.4 Å². The summed E-state index contributed by atoms with van der Waals surface area (Å²) in [6.45, 7) is 3.69. The molecular formula is C17H17N3O3S. The van der Waals surface area contributed by atoms with Gasteiger partial charge in [-0.1, -0.05) is 12.1 Å². The molecule has 0 atom stereocenters. The molecule has 0 fully saturated rings. The molecule has 0 saturated heterocycles. The predicted molar refractivity (Wildman–Crippen MR) is 93.4 cm³/mol. The largest absolute Gasteiger partial charge is 0.365 e. The smallest absolute Gasteiger partial charge is 0.251 e. The Morgan fingerprint density at radius 3 is 2.79 bits per heavy atom. The molecule has 0 unspecified atom stereocenters. The second-order valence-corrected chi connectivity index (χ2v) is 7.02. The Morgan fingerprint density at radius 2 is 2.08 bits per heavy atom. The Morgan fingerprint density at radius 1 is 1.33 bits per heavy atom. The predicted octanol–water partition coefficient (Wildman–Crippen LogP) is 2.14. The van der Waals surface area contributed by atoms with Gasteiger partial charge in [-0.3, -0.25) is 14.4 Å². The molecule has 3 amide bonds. The third kappa shape index (κ3) is 3.03. The molecule has 0 aliphatic carbocycles. The third-order valence-electron chi connectivity index (χ3n) is 4.05. The lowest BCUT2D eigenvalue weighted by Crippen LogP contribution is -2.18. The zero-order valence-electron chi connectivity index (χ0n) is 13.4. The Hall–Kier alpha value is -2.67. The molecule has 4 N–H and O–H groups in total. The van der Waals surface area contributed by atoms with Crippen LogP contribution in [0.25, 0.3) is 0 Å². The van der Waals surface area contributed by atoms with E-state index in [1.54, 1.807) is 6.07 Å². The van der Waals surface area contributed by atoms with Crippen molar-refractivity contribution in [3.05, 3.63) is 45.3 Å². The van der Waals surface area contributed by atoms with Gasteiger partial charge >= 0.3 is 0 Å². The van der Waals surface area contributed by atoms with Crippen LogP contribution in [0, 0.1) is 13.8 Å². The number of carbonyl (C=O) groups is 3. The Bertz CT molecular complexity index is 870. The van der Waals surface area contributed by atoms with Crippen molar-refractivity contribution in [3.63, 3.8) is 0 Å². The number of hydrogen-bond donors (Lipinski definition) is 3. The van der Waals surface area contributed by atoms with Crippen LogP contribution in [0.4, 0.5) is 10.7 Å². The number of nitrogens with one attached hydrogen (secondary N) is 2. The molecule has 2 heterocycles. The number of primary amides is 1. The number of fused-ring (bicyclic) bond motifs is 1. The van der Waals surface area contributed by atoms with Gasteiger partial charge in [-0.2, -0.15) is 0 Å². The average molecular weight is 343 g/mol. The molecule has 1 aromatic heterocycles. The van der Waals surface area contributed by atoms with Gasteiger partial charge < -0.3 is 16.4 Å². The van der Waals surface area contributed by atoms with Crippen LogP contribution in [0.2, 0.25) is 0 Å². The maximum absolute atomic E-state index is 12.3. The lowest BCUT2D eigenvalue weighted by molar-refractivity contribution is -0.116. The molecule has 24 heavy (non-hydrogen) atoms. The Balaban J connectivity index is 1.75. The maximum atomic E-state index is 12.3. The van der Waals surface area contributed by atoms with Crippen LogP contribution >= 0.6 is 11.3 Å². The number of carbonyl (C=O) groups excluding carboxylic acids is 3. The van der Waals surface area contributed by atoms with Crippen molar-refractivity contribution < 1.29 is 14.4 Å². The summed E-state index contributed by atoms with van der Waals surface area (Å²) in [7, 11) is 0. The normalized spacial score (nSPS) is 12.7. The van der Waals surface area contributed by atoms with E-state index in [-0.39, 0.29) is 18.2 Å². The topological polar surface area (TPSA) is 101 Å². The second-order valence-electron chi connectivity index (χ2n) is 5.79. The SMILES string of the molecule is Cc1sc(NC(=O)Cc2ccc3c(c2)NC(=O)C3)c(C(N)=O)c1C. The highest BCUT2D eigenvalue weighted by molar-refractivity contribution is 7.16. The zero-order valence-corrected chi connectivity index (χ0v) is 14.2. The number of thiophene rings is 1. The van der Waals surface area contributed by atoms with Crippen LogP contribution in [0.15, 0.2) is 18.2 Å². The Kier molecular flexibility index (Phi) is 4.11. The molecule has 0 bridgehead atoms. The summed E-state index contributed by atoms with van der Waals surface area (Å²) in [6, 6.07) is 5.49. The lowest BCUT2D eigenvalue weighted by atomic mass is 10.1. The highest BCUT2D eigenvalue weighted by Gasteiger charge is 2.20. The molecule has 0 saturated carbocycles. The van der Waals surface area contributed by atoms with Gasteiger partial charge in [-0.15, -0.1) is 11.3 Å². The molecule has 0 spiro atoms. The summed E-state index contributed by atoms with van der Waals surface area (Å²) in [6.07, 6.45) is 0.523. The molecule has 3 rings (SSSR count). The van der Waals surface area contributed by atoms with E-state index in [1.807, 2.05) is 26.0 Å². The van der Waals surface area contributed by atoms with Crippen molar-refractivity contribution in [3.8, 4) is 0 Å². The van der Waals surface area contributed by atoms with Crippen molar-refractivity contribution in [1.29, 1.82) is 0 Å². The molecule has 1 aliphatic heterocycles. The first-order valence-electron chi connectivity index (χ1n) is 7.46. The summed E-state index contributed by atoms with van der Waals surface area (Å²) < 4.78 is 0. The van der Waals surface area contributed by atoms with Crippen LogP contribution in [-0.4, -0.2) is 17.7 Å². The van der Waals surface area contributed by atoms with Gasteiger partial charge in [0.2, 0.25) is 11.8 Å². The van der Waals surface area contributed by atoms with E-state index < -0.39 is 5.91 Å². The fourth-order valence-corrected chi connectivity index (χ4v) is 3.82. The van der Waals surface area contributed by atoms with Gasteiger partial charge in [0.1, 0.15) is 5.00 Å². The van der Waals surface area contributed by atoms with Gasteiger partial charge in [0, 0.05) is 10.6 Å². The first kappa shape index (κ1) is 16.2. The van der Waals surface area contributed by atoms with Crippen molar-refractivity contribution >= 4 is 39.7 Å². The monoisotopic (exact) mass is 343 g/mol. The molecule has 0 radical (unpaired) electrons. The summed E-state index contributed by atoms with van der Waals surface area (Å²) in [4.78, 5) is 36.2. The quantitative estimate of drug-likeness (QED) is 0.792. The number of hydrogen-bond acceptors (Lipinski definition) is 4. The molecule has 124 valence electrons. The van der Waals surface area contributed by atoms with Gasteiger partial charge in [0.15, 0.2) is 0 Å². The first-order valence-corrected chi connectivity index (χ1v) is 8.28. The van der Waals surface area contributed by atoms with Crippen molar-refractivity contribution in [2.45, 2.75) is 26.7 Å². The molecule has 7 heteroatoms. The van der Waals surface area contributed by atoms with E-state index in [4.69, 9.17) is 5.73 Å². The Labute approximate surface area is 143 Å². The van der Waals surface area contributed by atoms with Crippen LogP contribution in [0.3, 0.4) is 0 Å². The number of anilines is 2. The highest BCUT2D eigenvalue weighted by atomic mass is 32.1. The van der Waals surface area contributed by atoms with Crippen LogP contribution in [0.1, 0.15) is 31.9 Å². The standard InChI is InChI=1S/C17H17N3O3S/c1-8-9(2)24-17(15(8)16(18)23)20-13(21)6-10-3-4-11-7-14(22)19-12(11)5-10/h3-5H,6-7H2,1-2H3,(H2,18,23)(H,19,22)(H,20,21). The van der Waals surface area contributed by atoms with E-state index in [1.165, 1.54) is 11.3 Å². The zero-order chi connectivity index (χ0) is 17.4. The molecule has 1 aromatic carbocycles. The number of aryl methyl sites for hydroxylation is 1. The number of amides is 3. The number of nitrogens with two attached hydrogens (primary N) is 1. The second kappa shape index (κ2) is 6.09. The van der Waals surface area contributed by atoms with Crippen LogP contribution in [0.5, 0.6) is 0 Å². The fourth-order valence-electron chi connectivity index (χ4n) is 2.74. The molecular weight excluding hydrogens is 326 g/mol.